The van der Waals surface area contributed by atoms with Gasteiger partial charge in [0.05, 0.1) is 0 Å². The van der Waals surface area contributed by atoms with Crippen LogP contribution >= 0.6 is 0 Å². The topological polar surface area (TPSA) is 18.5 Å². The molecular formula is C16H31BO2. The Morgan fingerprint density at radius 3 is 1.37 bits per heavy atom. The van der Waals surface area contributed by atoms with Crippen LogP contribution < -0.4 is 0 Å². The fourth-order valence-corrected chi connectivity index (χ4v) is 3.19. The molecule has 0 aromatic rings. The van der Waals surface area contributed by atoms with Gasteiger partial charge in [0, 0.05) is 12.2 Å². The van der Waals surface area contributed by atoms with Gasteiger partial charge in [0.25, 0.3) is 0 Å². The molecule has 0 heterocycles. The van der Waals surface area contributed by atoms with Gasteiger partial charge in [0.1, 0.15) is 0 Å². The van der Waals surface area contributed by atoms with Gasteiger partial charge in [-0.15, -0.1) is 0 Å². The van der Waals surface area contributed by atoms with Gasteiger partial charge < -0.3 is 9.31 Å². The lowest BCUT2D eigenvalue weighted by Crippen LogP contribution is -2.41. The zero-order chi connectivity index (χ0) is 13.7. The van der Waals surface area contributed by atoms with Crippen LogP contribution in [0.25, 0.3) is 0 Å². The summed E-state index contributed by atoms with van der Waals surface area (Å²) in [6, 6.07) is 0. The summed E-state index contributed by atoms with van der Waals surface area (Å²) >= 11 is 0. The first kappa shape index (κ1) is 15.4. The van der Waals surface area contributed by atoms with Gasteiger partial charge in [-0.25, -0.2) is 0 Å². The van der Waals surface area contributed by atoms with E-state index >= 15 is 0 Å². The predicted octanol–water partition coefficient (Wildman–Crippen LogP) is 4.97. The van der Waals surface area contributed by atoms with Gasteiger partial charge in [0.15, 0.2) is 0 Å². The van der Waals surface area contributed by atoms with Gasteiger partial charge in [-0.1, -0.05) is 59.3 Å². The zero-order valence-electron chi connectivity index (χ0n) is 13.1. The molecule has 0 aliphatic heterocycles. The molecule has 0 unspecified atom stereocenters. The molecule has 0 bridgehead atoms. The van der Waals surface area contributed by atoms with Crippen molar-refractivity contribution >= 4 is 7.12 Å². The van der Waals surface area contributed by atoms with E-state index in [4.69, 9.17) is 9.31 Å². The van der Waals surface area contributed by atoms with Crippen LogP contribution in [0.2, 0.25) is 5.31 Å². The van der Waals surface area contributed by atoms with E-state index in [0.717, 1.165) is 0 Å². The van der Waals surface area contributed by atoms with Crippen molar-refractivity contribution < 1.29 is 9.31 Å². The van der Waals surface area contributed by atoms with Crippen molar-refractivity contribution in [2.75, 3.05) is 0 Å². The van der Waals surface area contributed by atoms with Gasteiger partial charge in [-0.05, 0) is 31.0 Å². The Morgan fingerprint density at radius 2 is 1.05 bits per heavy atom. The van der Waals surface area contributed by atoms with Gasteiger partial charge in [0.2, 0.25) is 0 Å². The van der Waals surface area contributed by atoms with Crippen LogP contribution in [0.3, 0.4) is 0 Å². The van der Waals surface area contributed by atoms with Crippen LogP contribution in [0.1, 0.15) is 85.0 Å². The molecule has 2 saturated carbocycles. The first-order valence-electron chi connectivity index (χ1n) is 8.36. The molecule has 0 N–H and O–H groups in total. The van der Waals surface area contributed by atoms with Crippen LogP contribution in [0, 0.1) is 0 Å². The van der Waals surface area contributed by atoms with Gasteiger partial charge in [-0.3, -0.25) is 0 Å². The molecule has 2 aliphatic rings. The summed E-state index contributed by atoms with van der Waals surface area (Å²) in [7, 11) is -0.0290. The molecule has 0 saturated heterocycles. The van der Waals surface area contributed by atoms with Crippen LogP contribution in [0.15, 0.2) is 0 Å². The van der Waals surface area contributed by atoms with Crippen LogP contribution in [0.4, 0.5) is 0 Å². The van der Waals surface area contributed by atoms with Gasteiger partial charge in [-0.2, -0.15) is 0 Å². The van der Waals surface area contributed by atoms with E-state index in [1.165, 1.54) is 64.2 Å². The molecule has 2 nitrogen and oxygen atoms in total. The largest absolute Gasteiger partial charge is 0.463 e. The van der Waals surface area contributed by atoms with Gasteiger partial charge >= 0.3 is 7.12 Å². The van der Waals surface area contributed by atoms with E-state index < -0.39 is 0 Å². The zero-order valence-corrected chi connectivity index (χ0v) is 13.1. The van der Waals surface area contributed by atoms with Crippen molar-refractivity contribution in [3.05, 3.63) is 0 Å². The third-order valence-electron chi connectivity index (χ3n) is 4.44. The maximum Gasteiger partial charge on any atom is 0.463 e. The van der Waals surface area contributed by atoms with Crippen molar-refractivity contribution in [3.63, 3.8) is 0 Å². The highest BCUT2D eigenvalue weighted by molar-refractivity contribution is 6.48. The van der Waals surface area contributed by atoms with E-state index in [1.807, 2.05) is 0 Å². The molecule has 0 aromatic carbocycles. The molecular weight excluding hydrogens is 235 g/mol. The minimum absolute atomic E-state index is 0.0290. The minimum Gasteiger partial charge on any atom is -0.408 e. The van der Waals surface area contributed by atoms with Crippen LogP contribution in [-0.4, -0.2) is 19.3 Å². The second-order valence-corrected chi connectivity index (χ2v) is 7.49. The van der Waals surface area contributed by atoms with Crippen molar-refractivity contribution in [2.45, 2.75) is 103 Å². The van der Waals surface area contributed by atoms with Crippen molar-refractivity contribution in [1.82, 2.24) is 0 Å². The van der Waals surface area contributed by atoms with Crippen LogP contribution in [-0.2, 0) is 9.31 Å². The molecule has 2 fully saturated rings. The van der Waals surface area contributed by atoms with Crippen LogP contribution in [0.5, 0.6) is 0 Å². The van der Waals surface area contributed by atoms with Crippen molar-refractivity contribution in [3.8, 4) is 0 Å². The van der Waals surface area contributed by atoms with E-state index in [1.54, 1.807) is 0 Å². The molecule has 0 atom stereocenters. The Kier molecular flexibility index (Phi) is 5.77. The average molecular weight is 266 g/mol. The van der Waals surface area contributed by atoms with E-state index in [2.05, 4.69) is 20.8 Å². The molecule has 0 radical (unpaired) electrons. The fraction of sp³-hybridized carbons (Fsp3) is 1.00. The first-order chi connectivity index (χ1) is 9.05. The molecule has 2 aliphatic carbocycles. The molecule has 19 heavy (non-hydrogen) atoms. The highest BCUT2D eigenvalue weighted by atomic mass is 16.6. The monoisotopic (exact) mass is 266 g/mol. The Bertz CT molecular complexity index is 230. The maximum absolute atomic E-state index is 6.34. The lowest BCUT2D eigenvalue weighted by molar-refractivity contribution is 0.0556. The SMILES string of the molecule is CC(C)(C)B(OC1CCCCC1)OC1CCCCC1. The number of hydrogen-bond donors (Lipinski definition) is 0. The van der Waals surface area contributed by atoms with E-state index in [-0.39, 0.29) is 12.4 Å². The predicted molar refractivity (Wildman–Crippen MR) is 81.4 cm³/mol. The molecule has 0 amide bonds. The molecule has 2 rings (SSSR count). The normalized spacial score (nSPS) is 23.5. The third-order valence-corrected chi connectivity index (χ3v) is 4.44. The van der Waals surface area contributed by atoms with E-state index in [0.29, 0.717) is 12.2 Å². The molecule has 3 heteroatoms. The van der Waals surface area contributed by atoms with Crippen molar-refractivity contribution in [2.24, 2.45) is 0 Å². The van der Waals surface area contributed by atoms with E-state index in [9.17, 15) is 0 Å². The summed E-state index contributed by atoms with van der Waals surface area (Å²) in [5.41, 5.74) is 0. The Balaban J connectivity index is 1.87. The quantitative estimate of drug-likeness (QED) is 0.668. The lowest BCUT2D eigenvalue weighted by Gasteiger charge is -2.35. The Morgan fingerprint density at radius 1 is 0.684 bits per heavy atom. The highest BCUT2D eigenvalue weighted by Gasteiger charge is 2.38. The second-order valence-electron chi connectivity index (χ2n) is 7.49. The smallest absolute Gasteiger partial charge is 0.408 e. The third kappa shape index (κ3) is 5.11. The maximum atomic E-state index is 6.34. The highest BCUT2D eigenvalue weighted by Crippen LogP contribution is 2.34. The molecule has 0 aromatic heterocycles. The molecule has 110 valence electrons. The number of hydrogen-bond acceptors (Lipinski definition) is 2. The standard InChI is InChI=1S/C16H31BO2/c1-16(2,3)17(18-14-10-6-4-7-11-14)19-15-12-8-5-9-13-15/h14-15H,4-13H2,1-3H3. The fourth-order valence-electron chi connectivity index (χ4n) is 3.19. The summed E-state index contributed by atoms with van der Waals surface area (Å²) < 4.78 is 12.7. The average Bonchev–Trinajstić information content (AvgIpc) is 2.39. The minimum atomic E-state index is -0.0290. The lowest BCUT2D eigenvalue weighted by atomic mass is 9.60. The summed E-state index contributed by atoms with van der Waals surface area (Å²) in [5, 5.41) is 0.0783. The summed E-state index contributed by atoms with van der Waals surface area (Å²) in [6.45, 7) is 6.72. The number of rotatable bonds is 4. The Labute approximate surface area is 119 Å². The first-order valence-corrected chi connectivity index (χ1v) is 8.36. The summed E-state index contributed by atoms with van der Waals surface area (Å²) in [4.78, 5) is 0. The molecule has 0 spiro atoms. The second kappa shape index (κ2) is 7.13. The summed E-state index contributed by atoms with van der Waals surface area (Å²) in [6.07, 6.45) is 13.8. The Hall–Kier alpha value is -0.0151. The summed E-state index contributed by atoms with van der Waals surface area (Å²) in [5.74, 6) is 0. The van der Waals surface area contributed by atoms with Crippen molar-refractivity contribution in [1.29, 1.82) is 0 Å².